The molecule has 0 bridgehead atoms. The molecule has 0 aliphatic rings. The monoisotopic (exact) mass is 581 g/mol. The maximum absolute atomic E-state index is 5.81. The van der Waals surface area contributed by atoms with Gasteiger partial charge in [0.2, 0.25) is 0 Å². The molecule has 0 fully saturated rings. The second kappa shape index (κ2) is 12.6. The lowest BCUT2D eigenvalue weighted by atomic mass is 9.74. The Labute approximate surface area is 257 Å². The van der Waals surface area contributed by atoms with Crippen molar-refractivity contribution in [3.63, 3.8) is 0 Å². The lowest BCUT2D eigenvalue weighted by Crippen LogP contribution is -2.23. The molecule has 224 valence electrons. The minimum atomic E-state index is -0.0314. The smallest absolute Gasteiger partial charge is 0.0649 e. The van der Waals surface area contributed by atoms with Crippen molar-refractivity contribution in [3.8, 4) is 0 Å². The van der Waals surface area contributed by atoms with Crippen molar-refractivity contribution in [1.82, 2.24) is 0 Å². The van der Waals surface area contributed by atoms with Gasteiger partial charge in [-0.2, -0.15) is 0 Å². The van der Waals surface area contributed by atoms with Crippen LogP contribution in [0.4, 0.5) is 0 Å². The summed E-state index contributed by atoms with van der Waals surface area (Å²) < 4.78 is -0.0314. The van der Waals surface area contributed by atoms with E-state index < -0.39 is 0 Å². The van der Waals surface area contributed by atoms with E-state index in [1.807, 2.05) is 23.5 Å². The molecule has 1 nitrogen and oxygen atoms in total. The fourth-order valence-corrected chi connectivity index (χ4v) is 7.96. The minimum Gasteiger partial charge on any atom is -0.327 e. The summed E-state index contributed by atoms with van der Waals surface area (Å²) in [4.78, 5) is 2.73. The molecule has 0 saturated carbocycles. The molecular formula is C37H59NS2. The topological polar surface area (TPSA) is 26.0 Å². The van der Waals surface area contributed by atoms with Crippen molar-refractivity contribution in [3.05, 3.63) is 70.3 Å². The van der Waals surface area contributed by atoms with Crippen LogP contribution in [0.25, 0.3) is 0 Å². The van der Waals surface area contributed by atoms with Crippen LogP contribution in [-0.2, 0) is 21.7 Å². The molecular weight excluding hydrogens is 523 g/mol. The third kappa shape index (κ3) is 9.70. The van der Waals surface area contributed by atoms with Gasteiger partial charge >= 0.3 is 0 Å². The Balaban J connectivity index is 2.50. The summed E-state index contributed by atoms with van der Waals surface area (Å²) in [5.74, 6) is 0. The largest absolute Gasteiger partial charge is 0.327 e. The van der Waals surface area contributed by atoms with Crippen molar-refractivity contribution < 1.29 is 0 Å². The van der Waals surface area contributed by atoms with E-state index in [2.05, 4.69) is 134 Å². The average molecular weight is 582 g/mol. The Morgan fingerprint density at radius 3 is 1.55 bits per heavy atom. The first-order chi connectivity index (χ1) is 18.0. The van der Waals surface area contributed by atoms with Crippen LogP contribution >= 0.6 is 23.5 Å². The van der Waals surface area contributed by atoms with Gasteiger partial charge in [0, 0.05) is 16.3 Å². The Kier molecular flexibility index (Phi) is 11.0. The fraction of sp³-hybridized carbons (Fsp3) is 0.622. The van der Waals surface area contributed by atoms with E-state index in [1.54, 1.807) is 0 Å². The molecule has 0 aliphatic carbocycles. The number of hydrogen-bond acceptors (Lipinski definition) is 3. The van der Waals surface area contributed by atoms with Gasteiger partial charge in [-0.1, -0.05) is 94.4 Å². The van der Waals surface area contributed by atoms with Crippen molar-refractivity contribution in [2.24, 2.45) is 5.73 Å². The highest BCUT2D eigenvalue weighted by molar-refractivity contribution is 8.18. The Morgan fingerprint density at radius 2 is 1.12 bits per heavy atom. The van der Waals surface area contributed by atoms with E-state index >= 15 is 0 Å². The van der Waals surface area contributed by atoms with Crippen LogP contribution in [-0.4, -0.2) is 10.6 Å². The molecule has 0 atom stereocenters. The summed E-state index contributed by atoms with van der Waals surface area (Å²) in [7, 11) is 0. The maximum atomic E-state index is 5.81. The number of benzene rings is 2. The summed E-state index contributed by atoms with van der Waals surface area (Å²) in [6, 6.07) is 12.2. The lowest BCUT2D eigenvalue weighted by Gasteiger charge is -2.33. The predicted octanol–water partition coefficient (Wildman–Crippen LogP) is 11.5. The Morgan fingerprint density at radius 1 is 0.675 bits per heavy atom. The standard InChI is InChI=1S/C37H59NS2/c1-25(24-38)17-16-18-36(12,13)32-23-30(22-31(26(32)2)35(9,10)11)40-37(14,15)39-29-20-27(33(3,4)5)19-28(21-29)34(6,7)8/h19-23H,1,16-18,24,38H2,2-15H3. The molecule has 2 N–H and O–H groups in total. The number of nitrogens with two attached hydrogens (primary N) is 1. The van der Waals surface area contributed by atoms with Crippen molar-refractivity contribution in [1.29, 1.82) is 0 Å². The van der Waals surface area contributed by atoms with Gasteiger partial charge < -0.3 is 5.73 Å². The van der Waals surface area contributed by atoms with Crippen LogP contribution in [0.1, 0.15) is 137 Å². The van der Waals surface area contributed by atoms with Gasteiger partial charge in [0.15, 0.2) is 0 Å². The van der Waals surface area contributed by atoms with Crippen molar-refractivity contribution in [2.75, 3.05) is 6.54 Å². The molecule has 2 aromatic rings. The van der Waals surface area contributed by atoms with Crippen molar-refractivity contribution in [2.45, 2.75) is 152 Å². The van der Waals surface area contributed by atoms with Gasteiger partial charge in [0.05, 0.1) is 4.08 Å². The van der Waals surface area contributed by atoms with Gasteiger partial charge in [-0.3, -0.25) is 0 Å². The van der Waals surface area contributed by atoms with E-state index in [0.29, 0.717) is 6.54 Å². The number of rotatable bonds is 10. The molecule has 0 spiro atoms. The highest BCUT2D eigenvalue weighted by atomic mass is 32.2. The van der Waals surface area contributed by atoms with E-state index in [0.717, 1.165) is 24.8 Å². The van der Waals surface area contributed by atoms with Crippen LogP contribution in [0.3, 0.4) is 0 Å². The number of thioether (sulfide) groups is 2. The molecule has 0 amide bonds. The second-order valence-corrected chi connectivity index (χ2v) is 19.6. The van der Waals surface area contributed by atoms with Crippen molar-refractivity contribution >= 4 is 23.5 Å². The highest BCUT2D eigenvalue weighted by Gasteiger charge is 2.30. The van der Waals surface area contributed by atoms with Gasteiger partial charge in [-0.05, 0) is 114 Å². The molecule has 3 heteroatoms. The SMILES string of the molecule is C=C(CN)CCCC(C)(C)c1cc(SC(C)(C)Sc2cc(C(C)(C)C)cc(C(C)(C)C)c2)cc(C(C)(C)C)c1C. The minimum absolute atomic E-state index is 0.0314. The molecule has 0 aromatic heterocycles. The van der Waals surface area contributed by atoms with Crippen LogP contribution in [0.5, 0.6) is 0 Å². The zero-order chi connectivity index (χ0) is 30.9. The summed E-state index contributed by atoms with van der Waals surface area (Å²) in [6.45, 7) is 37.6. The van der Waals surface area contributed by atoms with E-state index in [9.17, 15) is 0 Å². The van der Waals surface area contributed by atoms with Gasteiger partial charge in [0.25, 0.3) is 0 Å². The summed E-state index contributed by atoms with van der Waals surface area (Å²) in [6.07, 6.45) is 3.25. The first-order valence-corrected chi connectivity index (χ1v) is 16.7. The molecule has 0 heterocycles. The Bertz CT molecular complexity index is 1150. The number of hydrogen-bond donors (Lipinski definition) is 1. The molecule has 2 rings (SSSR count). The van der Waals surface area contributed by atoms with E-state index in [-0.39, 0.29) is 25.7 Å². The lowest BCUT2D eigenvalue weighted by molar-refractivity contribution is 0.454. The molecule has 0 saturated heterocycles. The van der Waals surface area contributed by atoms with E-state index in [1.165, 1.54) is 37.6 Å². The molecule has 0 aliphatic heterocycles. The highest BCUT2D eigenvalue weighted by Crippen LogP contribution is 2.49. The van der Waals surface area contributed by atoms with Crippen LogP contribution in [0.15, 0.2) is 52.3 Å². The predicted molar refractivity (Wildman–Crippen MR) is 185 cm³/mol. The summed E-state index contributed by atoms with van der Waals surface area (Å²) in [5.41, 5.74) is 14.6. The molecule has 40 heavy (non-hydrogen) atoms. The first-order valence-electron chi connectivity index (χ1n) is 15.0. The Hall–Kier alpha value is -1.16. The summed E-state index contributed by atoms with van der Waals surface area (Å²) >= 11 is 3.99. The quantitative estimate of drug-likeness (QED) is 0.172. The van der Waals surface area contributed by atoms with Crippen LogP contribution in [0.2, 0.25) is 0 Å². The van der Waals surface area contributed by atoms with E-state index in [4.69, 9.17) is 5.73 Å². The third-order valence-corrected chi connectivity index (χ3v) is 10.3. The normalized spacial score (nSPS) is 13.6. The first kappa shape index (κ1) is 35.0. The van der Waals surface area contributed by atoms with Crippen LogP contribution < -0.4 is 5.73 Å². The zero-order valence-electron chi connectivity index (χ0n) is 28.3. The maximum Gasteiger partial charge on any atom is 0.0649 e. The van der Waals surface area contributed by atoms with Gasteiger partial charge in [-0.25, -0.2) is 0 Å². The second-order valence-electron chi connectivity index (χ2n) is 15.9. The van der Waals surface area contributed by atoms with Crippen LogP contribution in [0, 0.1) is 6.92 Å². The summed E-state index contributed by atoms with van der Waals surface area (Å²) in [5, 5.41) is 0. The molecule has 0 radical (unpaired) electrons. The fourth-order valence-electron chi connectivity index (χ4n) is 5.36. The van der Waals surface area contributed by atoms with Gasteiger partial charge in [0.1, 0.15) is 0 Å². The zero-order valence-corrected chi connectivity index (χ0v) is 29.9. The van der Waals surface area contributed by atoms with Gasteiger partial charge in [-0.15, -0.1) is 23.5 Å². The molecule has 2 aromatic carbocycles. The average Bonchev–Trinajstić information content (AvgIpc) is 2.77. The molecule has 0 unspecified atom stereocenters. The third-order valence-electron chi connectivity index (χ3n) is 7.90.